The third-order valence-electron chi connectivity index (χ3n) is 14.3. The molecule has 0 aliphatic heterocycles. The van der Waals surface area contributed by atoms with Gasteiger partial charge in [-0.1, -0.05) is 176 Å². The number of imidazole rings is 1. The first kappa shape index (κ1) is 42.1. The molecule has 4 heteroatoms. The molecule has 0 amide bonds. The van der Waals surface area contributed by atoms with Gasteiger partial charge in [0.15, 0.2) is 0 Å². The second-order valence-corrected chi connectivity index (χ2v) is 18.9. The van der Waals surface area contributed by atoms with Crippen LogP contribution < -0.4 is 0 Å². The van der Waals surface area contributed by atoms with Crippen LogP contribution in [-0.4, -0.2) is 19.5 Å². The van der Waals surface area contributed by atoms with E-state index in [0.29, 0.717) is 0 Å². The number of pyridine rings is 2. The highest BCUT2D eigenvalue weighted by atomic mass is 15.1. The second-order valence-electron chi connectivity index (χ2n) is 18.9. The molecule has 0 saturated carbocycles. The zero-order valence-corrected chi connectivity index (χ0v) is 39.7. The Balaban J connectivity index is 1.04. The molecule has 73 heavy (non-hydrogen) atoms. The van der Waals surface area contributed by atoms with E-state index in [1.807, 2.05) is 0 Å². The van der Waals surface area contributed by atoms with Crippen LogP contribution in [0.5, 0.6) is 0 Å². The molecule has 0 unspecified atom stereocenters. The Kier molecular flexibility index (Phi) is 10.1. The Morgan fingerprint density at radius 3 is 1.04 bits per heavy atom. The average Bonchev–Trinajstić information content (AvgIpc) is 3.87. The predicted molar refractivity (Wildman–Crippen MR) is 305 cm³/mol. The number of para-hydroxylation sites is 3. The number of aromatic nitrogens is 4. The Hall–Kier alpha value is -9.77. The van der Waals surface area contributed by atoms with Gasteiger partial charge in [0.1, 0.15) is 5.82 Å². The van der Waals surface area contributed by atoms with Crippen molar-refractivity contribution in [3.05, 3.63) is 267 Å². The van der Waals surface area contributed by atoms with E-state index < -0.39 is 0 Å². The minimum Gasteiger partial charge on any atom is -0.292 e. The summed E-state index contributed by atoms with van der Waals surface area (Å²) < 4.78 is 2.27. The molecule has 3 heterocycles. The summed E-state index contributed by atoms with van der Waals surface area (Å²) in [6.45, 7) is 0. The van der Waals surface area contributed by atoms with E-state index >= 15 is 0 Å². The Labute approximate surface area is 422 Å². The van der Waals surface area contributed by atoms with Crippen molar-refractivity contribution >= 4 is 54.1 Å². The fourth-order valence-corrected chi connectivity index (χ4v) is 10.5. The summed E-state index contributed by atoms with van der Waals surface area (Å²) >= 11 is 0. The van der Waals surface area contributed by atoms with Crippen LogP contribution in [0.25, 0.3) is 138 Å². The topological polar surface area (TPSA) is 43.6 Å². The Morgan fingerprint density at radius 2 is 0.575 bits per heavy atom. The van der Waals surface area contributed by atoms with E-state index in [9.17, 15) is 0 Å². The van der Waals surface area contributed by atoms with Crippen molar-refractivity contribution in [2.45, 2.75) is 0 Å². The summed E-state index contributed by atoms with van der Waals surface area (Å²) in [7, 11) is 0. The molecule has 0 N–H and O–H groups in total. The maximum Gasteiger partial charge on any atom is 0.145 e. The van der Waals surface area contributed by atoms with E-state index in [2.05, 4.69) is 271 Å². The first-order valence-electron chi connectivity index (χ1n) is 24.8. The lowest BCUT2D eigenvalue weighted by Crippen LogP contribution is -1.99. The van der Waals surface area contributed by atoms with E-state index in [1.54, 1.807) is 0 Å². The molecule has 0 bridgehead atoms. The van der Waals surface area contributed by atoms with Gasteiger partial charge >= 0.3 is 0 Å². The monoisotopic (exact) mass is 928 g/mol. The first-order valence-corrected chi connectivity index (χ1v) is 24.8. The molecule has 340 valence electrons. The lowest BCUT2D eigenvalue weighted by molar-refractivity contribution is 1.10. The van der Waals surface area contributed by atoms with Crippen molar-refractivity contribution in [2.24, 2.45) is 0 Å². The number of fused-ring (bicyclic) bond motifs is 5. The van der Waals surface area contributed by atoms with Crippen LogP contribution in [0.3, 0.4) is 0 Å². The van der Waals surface area contributed by atoms with Gasteiger partial charge < -0.3 is 0 Å². The molecule has 0 saturated heterocycles. The molecule has 11 aromatic carbocycles. The van der Waals surface area contributed by atoms with Crippen molar-refractivity contribution in [3.63, 3.8) is 0 Å². The fourth-order valence-electron chi connectivity index (χ4n) is 10.5. The van der Waals surface area contributed by atoms with Gasteiger partial charge in [-0.3, -0.25) is 4.57 Å². The smallest absolute Gasteiger partial charge is 0.145 e. The molecule has 0 aliphatic carbocycles. The highest BCUT2D eigenvalue weighted by Gasteiger charge is 2.20. The molecule has 0 aliphatic rings. The molecule has 4 nitrogen and oxygen atoms in total. The molecule has 0 atom stereocenters. The highest BCUT2D eigenvalue weighted by Crippen LogP contribution is 2.40. The first-order chi connectivity index (χ1) is 36.1. The van der Waals surface area contributed by atoms with E-state index in [4.69, 9.17) is 15.0 Å². The summed E-state index contributed by atoms with van der Waals surface area (Å²) in [5, 5.41) is 9.51. The van der Waals surface area contributed by atoms with E-state index in [1.165, 1.54) is 43.1 Å². The van der Waals surface area contributed by atoms with Crippen LogP contribution in [0.1, 0.15) is 0 Å². The Morgan fingerprint density at radius 1 is 0.219 bits per heavy atom. The van der Waals surface area contributed by atoms with Gasteiger partial charge in [0.25, 0.3) is 0 Å². The van der Waals surface area contributed by atoms with Crippen LogP contribution in [0.2, 0.25) is 0 Å². The van der Waals surface area contributed by atoms with Gasteiger partial charge in [-0.25, -0.2) is 15.0 Å². The lowest BCUT2D eigenvalue weighted by Gasteiger charge is -2.16. The predicted octanol–water partition coefficient (Wildman–Crippen LogP) is 18.1. The van der Waals surface area contributed by atoms with Crippen molar-refractivity contribution in [2.75, 3.05) is 0 Å². The Bertz CT molecular complexity index is 4030. The largest absolute Gasteiger partial charge is 0.292 e. The van der Waals surface area contributed by atoms with Gasteiger partial charge in [0.05, 0.1) is 33.8 Å². The number of benzene rings is 11. The number of nitrogens with zero attached hydrogens (tertiary/aromatic N) is 4. The zero-order valence-electron chi connectivity index (χ0n) is 39.7. The number of hydrogen-bond acceptors (Lipinski definition) is 3. The lowest BCUT2D eigenvalue weighted by atomic mass is 9.94. The molecule has 3 aromatic heterocycles. The van der Waals surface area contributed by atoms with Crippen LogP contribution in [0, 0.1) is 0 Å². The minimum absolute atomic E-state index is 0.830. The fraction of sp³-hybridized carbons (Fsp3) is 0. The highest BCUT2D eigenvalue weighted by molar-refractivity contribution is 5.94. The molecule has 14 aromatic rings. The number of rotatable bonds is 8. The van der Waals surface area contributed by atoms with Gasteiger partial charge in [-0.15, -0.1) is 0 Å². The standard InChI is InChI=1S/C69H44N4/c1-2-22-62(23-3-1)73-68-25-13-12-24-63(68)72-69(73)61-39-59(66-43-57(53-30-26-45-14-4-8-18-49(45)34-53)41-64(70-66)55-32-28-47-16-6-10-20-51(47)36-55)38-60(40-61)67-44-58(54-31-27-46-15-5-9-19-50(46)35-54)42-65(71-67)56-33-29-48-17-7-11-21-52(48)37-56/h1-44H. The third-order valence-corrected chi connectivity index (χ3v) is 14.3. The summed E-state index contributed by atoms with van der Waals surface area (Å²) in [6, 6.07) is 95.6. The molecule has 0 radical (unpaired) electrons. The molecule has 0 spiro atoms. The molecular formula is C69H44N4. The van der Waals surface area contributed by atoms with Crippen molar-refractivity contribution < 1.29 is 0 Å². The van der Waals surface area contributed by atoms with Crippen molar-refractivity contribution in [1.82, 2.24) is 19.5 Å². The van der Waals surface area contributed by atoms with E-state index in [-0.39, 0.29) is 0 Å². The van der Waals surface area contributed by atoms with Gasteiger partial charge in [0.2, 0.25) is 0 Å². The van der Waals surface area contributed by atoms with Crippen LogP contribution in [0.15, 0.2) is 267 Å². The molecular weight excluding hydrogens is 885 g/mol. The van der Waals surface area contributed by atoms with E-state index in [0.717, 1.165) is 95.4 Å². The molecule has 14 rings (SSSR count). The zero-order chi connectivity index (χ0) is 48.2. The maximum absolute atomic E-state index is 5.60. The second kappa shape index (κ2) is 17.6. The quantitative estimate of drug-likeness (QED) is 0.152. The summed E-state index contributed by atoms with van der Waals surface area (Å²) in [5.74, 6) is 0.830. The van der Waals surface area contributed by atoms with Crippen LogP contribution in [0.4, 0.5) is 0 Å². The normalized spacial score (nSPS) is 11.6. The van der Waals surface area contributed by atoms with Crippen molar-refractivity contribution in [3.8, 4) is 84.4 Å². The average molecular weight is 929 g/mol. The third kappa shape index (κ3) is 7.88. The summed E-state index contributed by atoms with van der Waals surface area (Å²) in [6.07, 6.45) is 0. The summed E-state index contributed by atoms with van der Waals surface area (Å²) in [5.41, 5.74) is 15.8. The SMILES string of the molecule is c1ccc(-n2c(-c3cc(-c4cc(-c5ccc6ccccc6c5)cc(-c5ccc6ccccc6c5)n4)cc(-c4cc(-c5ccc6ccccc6c5)cc(-c5ccc6ccccc6c5)n4)c3)nc3ccccc32)cc1. The van der Waals surface area contributed by atoms with Gasteiger partial charge in [0, 0.05) is 33.5 Å². The summed E-state index contributed by atoms with van der Waals surface area (Å²) in [4.78, 5) is 16.6. The minimum atomic E-state index is 0.830. The maximum atomic E-state index is 5.60. The number of hydrogen-bond donors (Lipinski definition) is 0. The molecule has 0 fully saturated rings. The van der Waals surface area contributed by atoms with Crippen LogP contribution in [-0.2, 0) is 0 Å². The van der Waals surface area contributed by atoms with Gasteiger partial charge in [-0.2, -0.15) is 0 Å². The van der Waals surface area contributed by atoms with Gasteiger partial charge in [-0.05, 0) is 156 Å². The van der Waals surface area contributed by atoms with Crippen LogP contribution >= 0.6 is 0 Å². The van der Waals surface area contributed by atoms with Crippen molar-refractivity contribution in [1.29, 1.82) is 0 Å².